The van der Waals surface area contributed by atoms with Gasteiger partial charge in [-0.05, 0) is 30.0 Å². The number of hydrogen-bond donors (Lipinski definition) is 2. The maximum atomic E-state index is 11.8. The fraction of sp³-hybridized carbons (Fsp3) is 0.533. The summed E-state index contributed by atoms with van der Waals surface area (Å²) in [6.45, 7) is 0.714. The average Bonchev–Trinajstić information content (AvgIpc) is 2.89. The highest BCUT2D eigenvalue weighted by atomic mass is 32.2. The largest absolute Gasteiger partial charge is 0.493 e. The van der Waals surface area contributed by atoms with Crippen molar-refractivity contribution in [2.75, 3.05) is 32.3 Å². The van der Waals surface area contributed by atoms with E-state index in [2.05, 4.69) is 10.6 Å². The number of nitrogens with one attached hydrogen (secondary N) is 2. The molecular formula is C15H22N2O5S. The quantitative estimate of drug-likeness (QED) is 0.802. The minimum Gasteiger partial charge on any atom is -0.493 e. The maximum Gasteiger partial charge on any atom is 0.315 e. The highest BCUT2D eigenvalue weighted by Crippen LogP contribution is 2.27. The summed E-state index contributed by atoms with van der Waals surface area (Å²) in [7, 11) is 0.205. The summed E-state index contributed by atoms with van der Waals surface area (Å²) in [4.78, 5) is 11.8. The molecule has 1 aromatic carbocycles. The molecule has 0 spiro atoms. The Morgan fingerprint density at radius 2 is 1.96 bits per heavy atom. The van der Waals surface area contributed by atoms with Gasteiger partial charge in [-0.25, -0.2) is 13.2 Å². The molecule has 128 valence electrons. The molecule has 8 heteroatoms. The number of benzene rings is 1. The van der Waals surface area contributed by atoms with Crippen molar-refractivity contribution in [3.8, 4) is 11.5 Å². The number of ether oxygens (including phenoxy) is 2. The number of amides is 2. The van der Waals surface area contributed by atoms with Crippen LogP contribution in [0.2, 0.25) is 0 Å². The number of methoxy groups -OCH3 is 2. The summed E-state index contributed by atoms with van der Waals surface area (Å²) in [6.07, 6.45) is 0.609. The highest BCUT2D eigenvalue weighted by Gasteiger charge is 2.27. The fourth-order valence-electron chi connectivity index (χ4n) is 2.51. The zero-order valence-electron chi connectivity index (χ0n) is 13.3. The Morgan fingerprint density at radius 3 is 2.57 bits per heavy atom. The minimum atomic E-state index is -2.91. The second kappa shape index (κ2) is 7.54. The number of hydrogen-bond acceptors (Lipinski definition) is 5. The molecule has 1 fully saturated rings. The molecule has 1 aromatic rings. The summed E-state index contributed by atoms with van der Waals surface area (Å²) in [5, 5.41) is 5.45. The van der Waals surface area contributed by atoms with E-state index in [1.54, 1.807) is 26.4 Å². The van der Waals surface area contributed by atoms with Gasteiger partial charge in [0.05, 0.1) is 25.7 Å². The van der Waals surface area contributed by atoms with E-state index in [4.69, 9.17) is 9.47 Å². The van der Waals surface area contributed by atoms with Crippen LogP contribution in [0.1, 0.15) is 12.0 Å². The first-order valence-electron chi connectivity index (χ1n) is 7.36. The molecule has 2 N–H and O–H groups in total. The molecule has 1 saturated heterocycles. The van der Waals surface area contributed by atoms with Crippen LogP contribution in [0.25, 0.3) is 0 Å². The van der Waals surface area contributed by atoms with E-state index in [1.165, 1.54) is 0 Å². The van der Waals surface area contributed by atoms with Crippen molar-refractivity contribution in [2.24, 2.45) is 5.92 Å². The monoisotopic (exact) mass is 342 g/mol. The Balaban J connectivity index is 1.78. The van der Waals surface area contributed by atoms with Crippen LogP contribution >= 0.6 is 0 Å². The number of rotatable bonds is 6. The molecule has 7 nitrogen and oxygen atoms in total. The Hall–Kier alpha value is -1.96. The molecular weight excluding hydrogens is 320 g/mol. The number of urea groups is 1. The molecule has 1 atom stereocenters. The number of carbonyl (C=O) groups is 1. The van der Waals surface area contributed by atoms with E-state index in [0.717, 1.165) is 5.56 Å². The lowest BCUT2D eigenvalue weighted by Gasteiger charge is -2.12. The molecule has 1 heterocycles. The van der Waals surface area contributed by atoms with E-state index in [9.17, 15) is 13.2 Å². The van der Waals surface area contributed by atoms with Gasteiger partial charge in [-0.2, -0.15) is 0 Å². The van der Waals surface area contributed by atoms with E-state index >= 15 is 0 Å². The van der Waals surface area contributed by atoms with Gasteiger partial charge in [-0.1, -0.05) is 6.07 Å². The molecule has 0 bridgehead atoms. The Kier molecular flexibility index (Phi) is 5.70. The van der Waals surface area contributed by atoms with Gasteiger partial charge in [0.15, 0.2) is 21.3 Å². The maximum absolute atomic E-state index is 11.8. The van der Waals surface area contributed by atoms with E-state index in [0.29, 0.717) is 31.0 Å². The van der Waals surface area contributed by atoms with Crippen molar-refractivity contribution in [1.82, 2.24) is 10.6 Å². The lowest BCUT2D eigenvalue weighted by Crippen LogP contribution is -2.38. The van der Waals surface area contributed by atoms with Gasteiger partial charge in [0.2, 0.25) is 0 Å². The fourth-order valence-corrected chi connectivity index (χ4v) is 4.37. The standard InChI is InChI=1S/C15H22N2O5S/c1-21-13-4-3-11(7-14(13)22-2)8-16-15(18)17-9-12-5-6-23(19,20)10-12/h3-4,7,12H,5-6,8-10H2,1-2H3,(H2,16,17,18)/t12-/m1/s1. The summed E-state index contributed by atoms with van der Waals surface area (Å²) in [6, 6.07) is 5.09. The third-order valence-corrected chi connectivity index (χ3v) is 5.62. The van der Waals surface area contributed by atoms with Crippen molar-refractivity contribution in [2.45, 2.75) is 13.0 Å². The first-order valence-corrected chi connectivity index (χ1v) is 9.18. The molecule has 23 heavy (non-hydrogen) atoms. The molecule has 0 aromatic heterocycles. The Morgan fingerprint density at radius 1 is 1.22 bits per heavy atom. The van der Waals surface area contributed by atoms with Crippen molar-refractivity contribution < 1.29 is 22.7 Å². The zero-order valence-corrected chi connectivity index (χ0v) is 14.1. The van der Waals surface area contributed by atoms with Crippen molar-refractivity contribution in [1.29, 1.82) is 0 Å². The van der Waals surface area contributed by atoms with Crippen molar-refractivity contribution in [3.05, 3.63) is 23.8 Å². The van der Waals surface area contributed by atoms with Crippen LogP contribution in [-0.2, 0) is 16.4 Å². The second-order valence-electron chi connectivity index (χ2n) is 5.52. The van der Waals surface area contributed by atoms with Gasteiger partial charge < -0.3 is 20.1 Å². The van der Waals surface area contributed by atoms with Gasteiger partial charge in [-0.3, -0.25) is 0 Å². The molecule has 0 radical (unpaired) electrons. The lowest BCUT2D eigenvalue weighted by atomic mass is 10.1. The predicted molar refractivity (Wildman–Crippen MR) is 86.5 cm³/mol. The average molecular weight is 342 g/mol. The van der Waals surface area contributed by atoms with E-state index in [1.807, 2.05) is 6.07 Å². The zero-order chi connectivity index (χ0) is 16.9. The van der Waals surface area contributed by atoms with Crippen molar-refractivity contribution >= 4 is 15.9 Å². The molecule has 1 aliphatic heterocycles. The number of carbonyl (C=O) groups excluding carboxylic acids is 1. The van der Waals surface area contributed by atoms with E-state index in [-0.39, 0.29) is 23.5 Å². The SMILES string of the molecule is COc1ccc(CNC(=O)NC[C@H]2CCS(=O)(=O)C2)cc1OC. The van der Waals surface area contributed by atoms with Crippen LogP contribution < -0.4 is 20.1 Å². The summed E-state index contributed by atoms with van der Waals surface area (Å²) in [5.74, 6) is 1.61. The minimum absolute atomic E-state index is 0.00632. The van der Waals surface area contributed by atoms with E-state index < -0.39 is 9.84 Å². The summed E-state index contributed by atoms with van der Waals surface area (Å²) >= 11 is 0. The highest BCUT2D eigenvalue weighted by molar-refractivity contribution is 7.91. The van der Waals surface area contributed by atoms with Crippen LogP contribution in [0.15, 0.2) is 18.2 Å². The van der Waals surface area contributed by atoms with Gasteiger partial charge in [-0.15, -0.1) is 0 Å². The molecule has 1 aliphatic rings. The van der Waals surface area contributed by atoms with Gasteiger partial charge in [0.1, 0.15) is 0 Å². The summed E-state index contributed by atoms with van der Waals surface area (Å²) < 4.78 is 33.1. The lowest BCUT2D eigenvalue weighted by molar-refractivity contribution is 0.239. The summed E-state index contributed by atoms with van der Waals surface area (Å²) in [5.41, 5.74) is 0.876. The van der Waals surface area contributed by atoms with Crippen molar-refractivity contribution in [3.63, 3.8) is 0 Å². The first-order chi connectivity index (χ1) is 10.9. The van der Waals surface area contributed by atoms with Crippen LogP contribution in [0.3, 0.4) is 0 Å². The smallest absolute Gasteiger partial charge is 0.315 e. The molecule has 2 amide bonds. The van der Waals surface area contributed by atoms with Crippen LogP contribution in [0.5, 0.6) is 11.5 Å². The second-order valence-corrected chi connectivity index (χ2v) is 7.75. The molecule has 0 aliphatic carbocycles. The predicted octanol–water partition coefficient (Wildman–Crippen LogP) is 0.938. The van der Waals surface area contributed by atoms with Crippen LogP contribution in [-0.4, -0.2) is 46.7 Å². The normalized spacial score (nSPS) is 19.1. The van der Waals surface area contributed by atoms with Gasteiger partial charge >= 0.3 is 6.03 Å². The van der Waals surface area contributed by atoms with Crippen LogP contribution in [0.4, 0.5) is 4.79 Å². The van der Waals surface area contributed by atoms with Gasteiger partial charge in [0.25, 0.3) is 0 Å². The third kappa shape index (κ3) is 5.02. The first kappa shape index (κ1) is 17.4. The number of sulfone groups is 1. The van der Waals surface area contributed by atoms with Gasteiger partial charge in [0, 0.05) is 13.1 Å². The van der Waals surface area contributed by atoms with Crippen LogP contribution in [0, 0.1) is 5.92 Å². The third-order valence-electron chi connectivity index (χ3n) is 3.78. The topological polar surface area (TPSA) is 93.7 Å². The molecule has 0 unspecified atom stereocenters. The Bertz CT molecular complexity index is 660. The molecule has 2 rings (SSSR count). The molecule has 0 saturated carbocycles. The Labute approximate surface area is 136 Å².